The zero-order valence-corrected chi connectivity index (χ0v) is 10.7. The van der Waals surface area contributed by atoms with Crippen molar-refractivity contribution in [2.24, 2.45) is 0 Å². The van der Waals surface area contributed by atoms with Gasteiger partial charge in [-0.25, -0.2) is 4.98 Å². The number of aromatic hydroxyl groups is 1. The number of hydrogen-bond acceptors (Lipinski definition) is 6. The average Bonchev–Trinajstić information content (AvgIpc) is 2.31. The summed E-state index contributed by atoms with van der Waals surface area (Å²) in [4.78, 5) is 14.7. The second-order valence-electron chi connectivity index (χ2n) is 3.49. The van der Waals surface area contributed by atoms with Gasteiger partial charge < -0.3 is 19.3 Å². The van der Waals surface area contributed by atoms with Gasteiger partial charge in [0.2, 0.25) is 0 Å². The Labute approximate surface area is 112 Å². The van der Waals surface area contributed by atoms with Gasteiger partial charge in [-0.2, -0.15) is 0 Å². The van der Waals surface area contributed by atoms with E-state index in [0.717, 1.165) is 13.2 Å². The van der Waals surface area contributed by atoms with Gasteiger partial charge in [-0.15, -0.1) is 13.2 Å². The minimum absolute atomic E-state index is 0.0989. The largest absolute Gasteiger partial charge is 0.574 e. The molecule has 1 heterocycles. The number of esters is 1. The SMILES string of the molecule is CCOC(=O)Cc1nc(OC(F)(F)F)c(OC)cc1O. The fourth-order valence-electron chi connectivity index (χ4n) is 1.31. The maximum absolute atomic E-state index is 12.2. The van der Waals surface area contributed by atoms with Crippen molar-refractivity contribution in [2.75, 3.05) is 13.7 Å². The van der Waals surface area contributed by atoms with Gasteiger partial charge in [-0.1, -0.05) is 0 Å². The summed E-state index contributed by atoms with van der Waals surface area (Å²) in [5, 5.41) is 9.58. The number of pyridine rings is 1. The molecule has 0 atom stereocenters. The third-order valence-corrected chi connectivity index (χ3v) is 2.06. The number of rotatable bonds is 5. The van der Waals surface area contributed by atoms with Crippen molar-refractivity contribution in [3.05, 3.63) is 11.8 Å². The van der Waals surface area contributed by atoms with Crippen LogP contribution < -0.4 is 9.47 Å². The van der Waals surface area contributed by atoms with Gasteiger partial charge >= 0.3 is 12.3 Å². The van der Waals surface area contributed by atoms with Crippen LogP contribution in [0.1, 0.15) is 12.6 Å². The van der Waals surface area contributed by atoms with E-state index in [1.807, 2.05) is 0 Å². The molecular weight excluding hydrogens is 283 g/mol. The van der Waals surface area contributed by atoms with Gasteiger partial charge in [-0.3, -0.25) is 4.79 Å². The van der Waals surface area contributed by atoms with Crippen LogP contribution in [0.4, 0.5) is 13.2 Å². The predicted molar refractivity (Wildman–Crippen MR) is 59.5 cm³/mol. The Bertz CT molecular complexity index is 490. The minimum Gasteiger partial charge on any atom is -0.506 e. The summed E-state index contributed by atoms with van der Waals surface area (Å²) in [5.74, 6) is -2.53. The topological polar surface area (TPSA) is 77.9 Å². The fourth-order valence-corrected chi connectivity index (χ4v) is 1.31. The van der Waals surface area contributed by atoms with Crippen LogP contribution >= 0.6 is 0 Å². The predicted octanol–water partition coefficient (Wildman–Crippen LogP) is 1.80. The molecule has 0 spiro atoms. The summed E-state index contributed by atoms with van der Waals surface area (Å²) in [7, 11) is 1.09. The summed E-state index contributed by atoms with van der Waals surface area (Å²) in [6.45, 7) is 1.67. The van der Waals surface area contributed by atoms with Gasteiger partial charge in [-0.05, 0) is 6.92 Å². The molecule has 0 aliphatic heterocycles. The molecule has 0 unspecified atom stereocenters. The van der Waals surface area contributed by atoms with E-state index in [2.05, 4.69) is 19.2 Å². The molecule has 0 saturated heterocycles. The zero-order valence-electron chi connectivity index (χ0n) is 10.7. The number of nitrogens with zero attached hydrogens (tertiary/aromatic N) is 1. The van der Waals surface area contributed by atoms with E-state index >= 15 is 0 Å². The Morgan fingerprint density at radius 1 is 1.45 bits per heavy atom. The second kappa shape index (κ2) is 6.31. The maximum atomic E-state index is 12.2. The lowest BCUT2D eigenvalue weighted by Crippen LogP contribution is -2.19. The Kier molecular flexibility index (Phi) is 5.00. The van der Waals surface area contributed by atoms with E-state index in [1.54, 1.807) is 6.92 Å². The normalized spacial score (nSPS) is 11.1. The number of hydrogen-bond donors (Lipinski definition) is 1. The molecule has 20 heavy (non-hydrogen) atoms. The van der Waals surface area contributed by atoms with Crippen molar-refractivity contribution >= 4 is 5.97 Å². The average molecular weight is 295 g/mol. The summed E-state index contributed by atoms with van der Waals surface area (Å²) >= 11 is 0. The van der Waals surface area contributed by atoms with Crippen molar-refractivity contribution in [3.63, 3.8) is 0 Å². The maximum Gasteiger partial charge on any atom is 0.574 e. The van der Waals surface area contributed by atoms with Gasteiger partial charge in [0.25, 0.3) is 5.88 Å². The molecule has 9 heteroatoms. The molecule has 0 aliphatic rings. The third-order valence-electron chi connectivity index (χ3n) is 2.06. The van der Waals surface area contributed by atoms with Crippen molar-refractivity contribution in [1.29, 1.82) is 0 Å². The summed E-state index contributed by atoms with van der Waals surface area (Å²) < 4.78 is 49.5. The van der Waals surface area contributed by atoms with Crippen LogP contribution in [0.25, 0.3) is 0 Å². The van der Waals surface area contributed by atoms with E-state index in [-0.39, 0.29) is 12.3 Å². The molecule has 0 fully saturated rings. The van der Waals surface area contributed by atoms with Gasteiger partial charge in [0.05, 0.1) is 25.8 Å². The lowest BCUT2D eigenvalue weighted by atomic mass is 10.2. The molecule has 1 N–H and O–H groups in total. The monoisotopic (exact) mass is 295 g/mol. The van der Waals surface area contributed by atoms with E-state index in [0.29, 0.717) is 0 Å². The molecule has 0 radical (unpaired) electrons. The van der Waals surface area contributed by atoms with Crippen LogP contribution in [-0.2, 0) is 16.0 Å². The Balaban J connectivity index is 3.07. The minimum atomic E-state index is -4.97. The highest BCUT2D eigenvalue weighted by Crippen LogP contribution is 2.34. The number of methoxy groups -OCH3 is 1. The molecule has 1 rings (SSSR count). The van der Waals surface area contributed by atoms with Crippen LogP contribution in [0.15, 0.2) is 6.07 Å². The highest BCUT2D eigenvalue weighted by atomic mass is 19.4. The molecular formula is C11H12F3NO5. The Morgan fingerprint density at radius 3 is 2.60 bits per heavy atom. The molecule has 1 aromatic rings. The molecule has 1 aromatic heterocycles. The van der Waals surface area contributed by atoms with Crippen molar-refractivity contribution in [3.8, 4) is 17.4 Å². The first-order valence-corrected chi connectivity index (χ1v) is 5.45. The molecule has 112 valence electrons. The van der Waals surface area contributed by atoms with Gasteiger partial charge in [0, 0.05) is 6.07 Å². The van der Waals surface area contributed by atoms with Crippen LogP contribution in [0.2, 0.25) is 0 Å². The number of alkyl halides is 3. The fraction of sp³-hybridized carbons (Fsp3) is 0.455. The number of ether oxygens (including phenoxy) is 3. The van der Waals surface area contributed by atoms with Crippen LogP contribution in [0.3, 0.4) is 0 Å². The van der Waals surface area contributed by atoms with Crippen LogP contribution in [0, 0.1) is 0 Å². The van der Waals surface area contributed by atoms with Crippen molar-refractivity contribution < 1.29 is 37.3 Å². The highest BCUT2D eigenvalue weighted by molar-refractivity contribution is 5.73. The number of halogens is 3. The quantitative estimate of drug-likeness (QED) is 0.835. The Morgan fingerprint density at radius 2 is 2.10 bits per heavy atom. The zero-order chi connectivity index (χ0) is 15.3. The van der Waals surface area contributed by atoms with E-state index < -0.39 is 36.1 Å². The van der Waals surface area contributed by atoms with Gasteiger partial charge in [0.15, 0.2) is 5.75 Å². The van der Waals surface area contributed by atoms with E-state index in [9.17, 15) is 23.1 Å². The molecule has 0 saturated carbocycles. The lowest BCUT2D eigenvalue weighted by molar-refractivity contribution is -0.276. The molecule has 0 amide bonds. The standard InChI is InChI=1S/C11H12F3NO5/c1-3-19-9(17)4-6-7(16)5-8(18-2)10(15-6)20-11(12,13)14/h5,16H,3-4H2,1-2H3. The van der Waals surface area contributed by atoms with Crippen molar-refractivity contribution in [1.82, 2.24) is 4.98 Å². The first-order valence-electron chi connectivity index (χ1n) is 5.45. The van der Waals surface area contributed by atoms with E-state index in [1.165, 1.54) is 0 Å². The van der Waals surface area contributed by atoms with Crippen LogP contribution in [0.5, 0.6) is 17.4 Å². The number of aromatic nitrogens is 1. The molecule has 0 aliphatic carbocycles. The van der Waals surface area contributed by atoms with Gasteiger partial charge in [0.1, 0.15) is 5.75 Å². The summed E-state index contributed by atoms with van der Waals surface area (Å²) in [6.07, 6.45) is -5.46. The summed E-state index contributed by atoms with van der Waals surface area (Å²) in [5.41, 5.74) is -0.302. The Hall–Kier alpha value is -2.19. The first kappa shape index (κ1) is 15.9. The summed E-state index contributed by atoms with van der Waals surface area (Å²) in [6, 6.07) is 0.878. The molecule has 0 bridgehead atoms. The molecule has 0 aromatic carbocycles. The number of carbonyl (C=O) groups is 1. The van der Waals surface area contributed by atoms with Crippen LogP contribution in [-0.4, -0.2) is 36.1 Å². The lowest BCUT2D eigenvalue weighted by Gasteiger charge is -2.13. The highest BCUT2D eigenvalue weighted by Gasteiger charge is 2.34. The third kappa shape index (κ3) is 4.48. The van der Waals surface area contributed by atoms with E-state index in [4.69, 9.17) is 0 Å². The number of carbonyl (C=O) groups excluding carboxylic acids is 1. The molecule has 6 nitrogen and oxygen atoms in total. The second-order valence-corrected chi connectivity index (χ2v) is 3.49. The first-order chi connectivity index (χ1) is 9.26. The smallest absolute Gasteiger partial charge is 0.506 e. The van der Waals surface area contributed by atoms with Crippen molar-refractivity contribution in [2.45, 2.75) is 19.7 Å².